The first-order valence-electron chi connectivity index (χ1n) is 7.33. The molecule has 0 aromatic heterocycles. The number of aryl methyl sites for hydroxylation is 1. The molecule has 0 aliphatic rings. The standard InChI is InChI=1S/C15H25N3O4S.ClH/c1-12-4-6-14(7-5-12)23(20,21)17-8-9-18(2)15(19)10-13(11-16)22-3;/h4-7,13,17H,8-11,16H2,1-3H3;1H. The Kier molecular flexibility index (Phi) is 10.1. The van der Waals surface area contributed by atoms with E-state index in [0.29, 0.717) is 0 Å². The number of halogens is 1. The molecule has 138 valence electrons. The zero-order valence-corrected chi connectivity index (χ0v) is 15.8. The van der Waals surface area contributed by atoms with E-state index in [9.17, 15) is 13.2 Å². The lowest BCUT2D eigenvalue weighted by molar-refractivity contribution is -0.132. The summed E-state index contributed by atoms with van der Waals surface area (Å²) in [5.41, 5.74) is 6.46. The summed E-state index contributed by atoms with van der Waals surface area (Å²) >= 11 is 0. The molecule has 1 rings (SSSR count). The van der Waals surface area contributed by atoms with Crippen LogP contribution in [-0.4, -0.2) is 59.1 Å². The molecule has 0 saturated heterocycles. The van der Waals surface area contributed by atoms with Gasteiger partial charge in [0.25, 0.3) is 0 Å². The average molecular weight is 380 g/mol. The highest BCUT2D eigenvalue weighted by Gasteiger charge is 2.17. The van der Waals surface area contributed by atoms with Crippen molar-refractivity contribution in [2.75, 3.05) is 33.8 Å². The van der Waals surface area contributed by atoms with Crippen molar-refractivity contribution in [1.29, 1.82) is 0 Å². The maximum atomic E-state index is 12.1. The van der Waals surface area contributed by atoms with Gasteiger partial charge in [-0.2, -0.15) is 0 Å². The molecule has 7 nitrogen and oxygen atoms in total. The van der Waals surface area contributed by atoms with E-state index in [4.69, 9.17) is 10.5 Å². The highest BCUT2D eigenvalue weighted by Crippen LogP contribution is 2.09. The molecule has 9 heteroatoms. The van der Waals surface area contributed by atoms with Crippen LogP contribution in [0.5, 0.6) is 0 Å². The average Bonchev–Trinajstić information content (AvgIpc) is 2.52. The second-order valence-corrected chi connectivity index (χ2v) is 7.09. The third-order valence-electron chi connectivity index (χ3n) is 3.49. The number of benzene rings is 1. The number of ether oxygens (including phenoxy) is 1. The van der Waals surface area contributed by atoms with Crippen LogP contribution < -0.4 is 10.5 Å². The monoisotopic (exact) mass is 379 g/mol. The van der Waals surface area contributed by atoms with E-state index in [2.05, 4.69) is 4.72 Å². The van der Waals surface area contributed by atoms with E-state index in [1.165, 1.54) is 12.0 Å². The molecule has 1 unspecified atom stereocenters. The molecule has 0 heterocycles. The van der Waals surface area contributed by atoms with Gasteiger partial charge in [-0.1, -0.05) is 17.7 Å². The first-order valence-corrected chi connectivity index (χ1v) is 8.81. The van der Waals surface area contributed by atoms with Crippen molar-refractivity contribution in [3.8, 4) is 0 Å². The Balaban J connectivity index is 0.00000529. The molecule has 0 aliphatic carbocycles. The molecule has 0 fully saturated rings. The summed E-state index contributed by atoms with van der Waals surface area (Å²) in [5, 5.41) is 0. The topological polar surface area (TPSA) is 102 Å². The van der Waals surface area contributed by atoms with Crippen LogP contribution in [0.25, 0.3) is 0 Å². The van der Waals surface area contributed by atoms with E-state index in [-0.39, 0.29) is 55.4 Å². The first-order chi connectivity index (χ1) is 10.8. The largest absolute Gasteiger partial charge is 0.380 e. The van der Waals surface area contributed by atoms with Crippen molar-refractivity contribution >= 4 is 28.3 Å². The summed E-state index contributed by atoms with van der Waals surface area (Å²) in [6.07, 6.45) is -0.150. The number of carbonyl (C=O) groups is 1. The van der Waals surface area contributed by atoms with Gasteiger partial charge in [0.05, 0.1) is 17.4 Å². The van der Waals surface area contributed by atoms with Gasteiger partial charge in [0.2, 0.25) is 15.9 Å². The lowest BCUT2D eigenvalue weighted by atomic mass is 10.2. The number of carbonyl (C=O) groups excluding carboxylic acids is 1. The van der Waals surface area contributed by atoms with E-state index in [0.717, 1.165) is 5.56 Å². The SMILES string of the molecule is COC(CN)CC(=O)N(C)CCNS(=O)(=O)c1ccc(C)cc1.Cl. The van der Waals surface area contributed by atoms with Gasteiger partial charge in [0, 0.05) is 33.8 Å². The van der Waals surface area contributed by atoms with Gasteiger partial charge < -0.3 is 15.4 Å². The van der Waals surface area contributed by atoms with Crippen LogP contribution >= 0.6 is 12.4 Å². The maximum absolute atomic E-state index is 12.1. The molecule has 0 aliphatic heterocycles. The van der Waals surface area contributed by atoms with Crippen LogP contribution in [0.15, 0.2) is 29.2 Å². The van der Waals surface area contributed by atoms with Gasteiger partial charge in [-0.05, 0) is 19.1 Å². The number of hydrogen-bond acceptors (Lipinski definition) is 5. The van der Waals surface area contributed by atoms with E-state index >= 15 is 0 Å². The number of hydrogen-bond donors (Lipinski definition) is 2. The van der Waals surface area contributed by atoms with E-state index < -0.39 is 10.0 Å². The van der Waals surface area contributed by atoms with E-state index in [1.54, 1.807) is 31.3 Å². The molecule has 0 radical (unpaired) electrons. The van der Waals surface area contributed by atoms with Crippen LogP contribution in [0.4, 0.5) is 0 Å². The molecule has 0 spiro atoms. The Hall–Kier alpha value is -1.19. The van der Waals surface area contributed by atoms with Gasteiger partial charge in [-0.3, -0.25) is 4.79 Å². The second kappa shape index (κ2) is 10.6. The molecule has 1 aromatic carbocycles. The predicted molar refractivity (Wildman–Crippen MR) is 95.7 cm³/mol. The van der Waals surface area contributed by atoms with Crippen LogP contribution in [0.1, 0.15) is 12.0 Å². The summed E-state index contributed by atoms with van der Waals surface area (Å²) in [6.45, 7) is 2.55. The van der Waals surface area contributed by atoms with Gasteiger partial charge in [-0.25, -0.2) is 13.1 Å². The number of rotatable bonds is 9. The van der Waals surface area contributed by atoms with Gasteiger partial charge in [0.1, 0.15) is 0 Å². The highest BCUT2D eigenvalue weighted by atomic mass is 35.5. The van der Waals surface area contributed by atoms with Gasteiger partial charge in [0.15, 0.2) is 0 Å². The van der Waals surface area contributed by atoms with Crippen molar-refractivity contribution < 1.29 is 17.9 Å². The summed E-state index contributed by atoms with van der Waals surface area (Å²) in [4.78, 5) is 13.6. The predicted octanol–water partition coefficient (Wildman–Crippen LogP) is 0.517. The number of methoxy groups -OCH3 is 1. The van der Waals surface area contributed by atoms with Gasteiger partial charge >= 0.3 is 0 Å². The molecule has 3 N–H and O–H groups in total. The van der Waals surface area contributed by atoms with Crippen LogP contribution in [0, 0.1) is 6.92 Å². The molecular weight excluding hydrogens is 354 g/mol. The quantitative estimate of drug-likeness (QED) is 0.651. The maximum Gasteiger partial charge on any atom is 0.240 e. The fraction of sp³-hybridized carbons (Fsp3) is 0.533. The highest BCUT2D eigenvalue weighted by molar-refractivity contribution is 7.89. The first kappa shape index (κ1) is 22.8. The Bertz CT molecular complexity index is 604. The van der Waals surface area contributed by atoms with Crippen molar-refractivity contribution in [2.45, 2.75) is 24.3 Å². The number of nitrogens with two attached hydrogens (primary N) is 1. The number of amides is 1. The Morgan fingerprint density at radius 2 is 1.92 bits per heavy atom. The molecule has 0 bridgehead atoms. The summed E-state index contributed by atoms with van der Waals surface area (Å²) in [6, 6.07) is 6.58. The fourth-order valence-electron chi connectivity index (χ4n) is 1.89. The zero-order chi connectivity index (χ0) is 17.5. The minimum atomic E-state index is -3.56. The van der Waals surface area contributed by atoms with Gasteiger partial charge in [-0.15, -0.1) is 12.4 Å². The molecular formula is C15H26ClN3O4S. The van der Waals surface area contributed by atoms with E-state index in [1.807, 2.05) is 6.92 Å². The minimum absolute atomic E-state index is 0. The van der Waals surface area contributed by atoms with Crippen molar-refractivity contribution in [3.63, 3.8) is 0 Å². The molecule has 1 amide bonds. The lowest BCUT2D eigenvalue weighted by Crippen LogP contribution is -2.38. The third-order valence-corrected chi connectivity index (χ3v) is 4.97. The summed E-state index contributed by atoms with van der Waals surface area (Å²) in [5.74, 6) is -0.142. The number of nitrogens with one attached hydrogen (secondary N) is 1. The van der Waals surface area contributed by atoms with Crippen LogP contribution in [0.2, 0.25) is 0 Å². The second-order valence-electron chi connectivity index (χ2n) is 5.32. The molecule has 1 atom stereocenters. The minimum Gasteiger partial charge on any atom is -0.380 e. The zero-order valence-electron chi connectivity index (χ0n) is 14.2. The normalized spacial score (nSPS) is 12.3. The molecule has 1 aromatic rings. The Morgan fingerprint density at radius 1 is 1.33 bits per heavy atom. The Labute approximate surface area is 150 Å². The smallest absolute Gasteiger partial charge is 0.240 e. The number of nitrogens with zero attached hydrogens (tertiary/aromatic N) is 1. The number of sulfonamides is 1. The lowest BCUT2D eigenvalue weighted by Gasteiger charge is -2.20. The van der Waals surface area contributed by atoms with Crippen molar-refractivity contribution in [1.82, 2.24) is 9.62 Å². The summed E-state index contributed by atoms with van der Waals surface area (Å²) < 4.78 is 31.8. The van der Waals surface area contributed by atoms with Crippen LogP contribution in [0.3, 0.4) is 0 Å². The summed E-state index contributed by atoms with van der Waals surface area (Å²) in [7, 11) is -0.446. The van der Waals surface area contributed by atoms with Crippen LogP contribution in [-0.2, 0) is 19.6 Å². The molecule has 24 heavy (non-hydrogen) atoms. The van der Waals surface area contributed by atoms with Crippen molar-refractivity contribution in [2.24, 2.45) is 5.73 Å². The third kappa shape index (κ3) is 7.14. The molecule has 0 saturated carbocycles. The van der Waals surface area contributed by atoms with Crippen molar-refractivity contribution in [3.05, 3.63) is 29.8 Å². The number of likely N-dealkylation sites (N-methyl/N-ethyl adjacent to an activating group) is 1. The fourth-order valence-corrected chi connectivity index (χ4v) is 2.91. The Morgan fingerprint density at radius 3 is 2.42 bits per heavy atom.